The SMILES string of the molecule is CC(=O)N1CCC(C(=O)NCCc2ncc(C)n2C2CCCCCC2)CC1. The van der Waals surface area contributed by atoms with Gasteiger partial charge < -0.3 is 14.8 Å². The fraction of sp³-hybridized carbons (Fsp3) is 0.762. The molecule has 1 aromatic rings. The van der Waals surface area contributed by atoms with Crippen molar-refractivity contribution in [3.05, 3.63) is 17.7 Å². The van der Waals surface area contributed by atoms with E-state index in [1.807, 2.05) is 11.1 Å². The van der Waals surface area contributed by atoms with Gasteiger partial charge in [0.1, 0.15) is 5.82 Å². The molecule has 1 N–H and O–H groups in total. The van der Waals surface area contributed by atoms with E-state index in [1.165, 1.54) is 44.2 Å². The van der Waals surface area contributed by atoms with Crippen LogP contribution in [-0.4, -0.2) is 45.9 Å². The van der Waals surface area contributed by atoms with Crippen molar-refractivity contribution in [2.45, 2.75) is 77.7 Å². The van der Waals surface area contributed by atoms with Gasteiger partial charge in [-0.25, -0.2) is 4.98 Å². The minimum absolute atomic E-state index is 0.0314. The van der Waals surface area contributed by atoms with E-state index in [0.717, 1.165) is 25.1 Å². The fourth-order valence-electron chi connectivity index (χ4n) is 4.59. The topological polar surface area (TPSA) is 67.2 Å². The van der Waals surface area contributed by atoms with Crippen molar-refractivity contribution in [1.82, 2.24) is 19.8 Å². The first-order valence-electron chi connectivity index (χ1n) is 10.6. The molecule has 2 aliphatic rings. The number of aryl methyl sites for hydroxylation is 1. The highest BCUT2D eigenvalue weighted by atomic mass is 16.2. The number of carbonyl (C=O) groups is 2. The summed E-state index contributed by atoms with van der Waals surface area (Å²) < 4.78 is 2.42. The molecule has 0 spiro atoms. The van der Waals surface area contributed by atoms with Crippen LogP contribution in [0.15, 0.2) is 6.20 Å². The van der Waals surface area contributed by atoms with Crippen LogP contribution in [0.2, 0.25) is 0 Å². The molecule has 0 atom stereocenters. The third kappa shape index (κ3) is 5.11. The van der Waals surface area contributed by atoms with Gasteiger partial charge in [0.15, 0.2) is 0 Å². The van der Waals surface area contributed by atoms with Gasteiger partial charge in [-0.05, 0) is 32.6 Å². The number of piperidine rings is 1. The molecule has 6 heteroatoms. The first-order valence-corrected chi connectivity index (χ1v) is 10.6. The quantitative estimate of drug-likeness (QED) is 0.806. The molecule has 1 aromatic heterocycles. The van der Waals surface area contributed by atoms with Gasteiger partial charge in [-0.2, -0.15) is 0 Å². The highest BCUT2D eigenvalue weighted by molar-refractivity contribution is 5.79. The highest BCUT2D eigenvalue weighted by Gasteiger charge is 2.26. The van der Waals surface area contributed by atoms with Crippen LogP contribution in [0.3, 0.4) is 0 Å². The lowest BCUT2D eigenvalue weighted by atomic mass is 9.96. The summed E-state index contributed by atoms with van der Waals surface area (Å²) in [6.07, 6.45) is 12.1. The summed E-state index contributed by atoms with van der Waals surface area (Å²) in [5.41, 5.74) is 1.24. The Bertz CT molecular complexity index is 639. The van der Waals surface area contributed by atoms with Gasteiger partial charge in [0.05, 0.1) is 0 Å². The first kappa shape index (κ1) is 19.9. The molecule has 0 radical (unpaired) electrons. The number of nitrogens with one attached hydrogen (secondary N) is 1. The zero-order valence-electron chi connectivity index (χ0n) is 16.9. The van der Waals surface area contributed by atoms with Gasteiger partial charge in [0, 0.05) is 56.8 Å². The fourth-order valence-corrected chi connectivity index (χ4v) is 4.59. The van der Waals surface area contributed by atoms with Crippen molar-refractivity contribution in [2.75, 3.05) is 19.6 Å². The zero-order valence-corrected chi connectivity index (χ0v) is 16.9. The summed E-state index contributed by atoms with van der Waals surface area (Å²) in [6.45, 7) is 5.76. The highest BCUT2D eigenvalue weighted by Crippen LogP contribution is 2.29. The zero-order chi connectivity index (χ0) is 19.2. The van der Waals surface area contributed by atoms with Crippen LogP contribution >= 0.6 is 0 Å². The Hall–Kier alpha value is -1.85. The average molecular weight is 375 g/mol. The van der Waals surface area contributed by atoms with E-state index in [0.29, 0.717) is 25.7 Å². The Labute approximate surface area is 162 Å². The second kappa shape index (κ2) is 9.38. The number of hydrogen-bond donors (Lipinski definition) is 1. The van der Waals surface area contributed by atoms with Gasteiger partial charge >= 0.3 is 0 Å². The lowest BCUT2D eigenvalue weighted by Gasteiger charge is -2.30. The average Bonchev–Trinajstić information content (AvgIpc) is 2.86. The molecule has 2 heterocycles. The summed E-state index contributed by atoms with van der Waals surface area (Å²) in [7, 11) is 0. The van der Waals surface area contributed by atoms with Crippen molar-refractivity contribution in [2.24, 2.45) is 5.92 Å². The number of aromatic nitrogens is 2. The monoisotopic (exact) mass is 374 g/mol. The second-order valence-corrected chi connectivity index (χ2v) is 8.15. The Morgan fingerprint density at radius 3 is 2.41 bits per heavy atom. The normalized spacial score (nSPS) is 19.7. The van der Waals surface area contributed by atoms with Gasteiger partial charge in [0.25, 0.3) is 0 Å². The van der Waals surface area contributed by atoms with Gasteiger partial charge in [-0.1, -0.05) is 25.7 Å². The van der Waals surface area contributed by atoms with E-state index in [-0.39, 0.29) is 17.7 Å². The Balaban J connectivity index is 1.49. The number of rotatable bonds is 5. The van der Waals surface area contributed by atoms with E-state index in [4.69, 9.17) is 0 Å². The molecule has 150 valence electrons. The Morgan fingerprint density at radius 1 is 1.11 bits per heavy atom. The molecule has 1 saturated heterocycles. The molecule has 27 heavy (non-hydrogen) atoms. The second-order valence-electron chi connectivity index (χ2n) is 8.15. The van der Waals surface area contributed by atoms with Crippen LogP contribution in [0.25, 0.3) is 0 Å². The summed E-state index contributed by atoms with van der Waals surface area (Å²) in [4.78, 5) is 30.3. The molecule has 1 aliphatic heterocycles. The molecule has 1 saturated carbocycles. The first-order chi connectivity index (χ1) is 13.1. The summed E-state index contributed by atoms with van der Waals surface area (Å²) in [6, 6.07) is 0.566. The molecule has 1 aliphatic carbocycles. The van der Waals surface area contributed by atoms with Crippen LogP contribution < -0.4 is 5.32 Å². The summed E-state index contributed by atoms with van der Waals surface area (Å²) >= 11 is 0. The molecular weight excluding hydrogens is 340 g/mol. The van der Waals surface area contributed by atoms with E-state index < -0.39 is 0 Å². The van der Waals surface area contributed by atoms with Crippen LogP contribution in [0.4, 0.5) is 0 Å². The van der Waals surface area contributed by atoms with E-state index in [2.05, 4.69) is 21.8 Å². The molecule has 2 fully saturated rings. The van der Waals surface area contributed by atoms with Crippen molar-refractivity contribution in [3.8, 4) is 0 Å². The van der Waals surface area contributed by atoms with Crippen molar-refractivity contribution in [3.63, 3.8) is 0 Å². The Kier molecular flexibility index (Phi) is 6.91. The Morgan fingerprint density at radius 2 is 1.78 bits per heavy atom. The smallest absolute Gasteiger partial charge is 0.223 e. The van der Waals surface area contributed by atoms with E-state index in [1.54, 1.807) is 6.92 Å². The van der Waals surface area contributed by atoms with Crippen molar-refractivity contribution in [1.29, 1.82) is 0 Å². The van der Waals surface area contributed by atoms with Crippen LogP contribution in [0.5, 0.6) is 0 Å². The molecular formula is C21H34N4O2. The number of likely N-dealkylation sites (tertiary alicyclic amines) is 1. The van der Waals surface area contributed by atoms with Gasteiger partial charge in [-0.3, -0.25) is 9.59 Å². The third-order valence-corrected chi connectivity index (χ3v) is 6.21. The lowest BCUT2D eigenvalue weighted by molar-refractivity contribution is -0.133. The number of amides is 2. The van der Waals surface area contributed by atoms with Crippen LogP contribution in [0.1, 0.15) is 75.9 Å². The lowest BCUT2D eigenvalue weighted by Crippen LogP contribution is -2.42. The third-order valence-electron chi connectivity index (χ3n) is 6.21. The maximum Gasteiger partial charge on any atom is 0.223 e. The van der Waals surface area contributed by atoms with Crippen LogP contribution in [-0.2, 0) is 16.0 Å². The standard InChI is InChI=1S/C21H34N4O2/c1-16-15-23-20(25(16)19-7-5-3-4-6-8-19)9-12-22-21(27)18-10-13-24(14-11-18)17(2)26/h15,18-19H,3-14H2,1-2H3,(H,22,27). The number of hydrogen-bond acceptors (Lipinski definition) is 3. The predicted molar refractivity (Wildman–Crippen MR) is 105 cm³/mol. The maximum absolute atomic E-state index is 12.5. The molecule has 6 nitrogen and oxygen atoms in total. The van der Waals surface area contributed by atoms with Crippen molar-refractivity contribution >= 4 is 11.8 Å². The molecule has 3 rings (SSSR count). The predicted octanol–water partition coefficient (Wildman–Crippen LogP) is 3.00. The maximum atomic E-state index is 12.5. The van der Waals surface area contributed by atoms with Crippen molar-refractivity contribution < 1.29 is 9.59 Å². The largest absolute Gasteiger partial charge is 0.355 e. The molecule has 0 aromatic carbocycles. The molecule has 0 bridgehead atoms. The van der Waals surface area contributed by atoms with E-state index in [9.17, 15) is 9.59 Å². The number of imidazole rings is 1. The van der Waals surface area contributed by atoms with Gasteiger partial charge in [0.2, 0.25) is 11.8 Å². The molecule has 2 amide bonds. The molecule has 0 unspecified atom stereocenters. The van der Waals surface area contributed by atoms with Gasteiger partial charge in [-0.15, -0.1) is 0 Å². The summed E-state index contributed by atoms with van der Waals surface area (Å²) in [5, 5.41) is 3.10. The van der Waals surface area contributed by atoms with E-state index >= 15 is 0 Å². The number of nitrogens with zero attached hydrogens (tertiary/aromatic N) is 3. The minimum Gasteiger partial charge on any atom is -0.355 e. The van der Waals surface area contributed by atoms with Crippen LogP contribution in [0, 0.1) is 12.8 Å². The minimum atomic E-state index is 0.0314. The number of carbonyl (C=O) groups excluding carboxylic acids is 2. The summed E-state index contributed by atoms with van der Waals surface area (Å²) in [5.74, 6) is 1.37.